The topological polar surface area (TPSA) is 72.5 Å². The van der Waals surface area contributed by atoms with Gasteiger partial charge in [0.15, 0.2) is 34.5 Å². The molecule has 4 rings (SSSR count). The van der Waals surface area contributed by atoms with Crippen molar-refractivity contribution >= 4 is 38.3 Å². The summed E-state index contributed by atoms with van der Waals surface area (Å²) >= 11 is 0. The number of esters is 1. The summed E-state index contributed by atoms with van der Waals surface area (Å²) in [5.74, 6) is 3.37. The third kappa shape index (κ3) is 14.8. The van der Waals surface area contributed by atoms with Crippen LogP contribution in [0.5, 0.6) is 34.5 Å². The molecule has 0 aliphatic rings. The molecular weight excluding hydrogens is 737 g/mol. The van der Waals surface area contributed by atoms with E-state index in [-0.39, 0.29) is 0 Å². The number of fused-ring (bicyclic) bond motifs is 6. The van der Waals surface area contributed by atoms with E-state index < -0.39 is 5.97 Å². The fraction of sp³-hybridized carbons (Fsp3) is 0.596. The minimum atomic E-state index is -0.486. The normalized spacial score (nSPS) is 11.4. The molecule has 0 saturated heterocycles. The van der Waals surface area contributed by atoms with Gasteiger partial charge in [-0.3, -0.25) is 0 Å². The maximum absolute atomic E-state index is 13.1. The number of unbranched alkanes of at least 4 members (excludes halogenated alkanes) is 15. The van der Waals surface area contributed by atoms with Crippen molar-refractivity contribution in [3.05, 3.63) is 48.6 Å². The van der Waals surface area contributed by atoms with Crippen LogP contribution in [0.1, 0.15) is 170 Å². The molecule has 7 nitrogen and oxygen atoms in total. The summed E-state index contributed by atoms with van der Waals surface area (Å²) in [4.78, 5) is 13.1. The van der Waals surface area contributed by atoms with Gasteiger partial charge in [0.1, 0.15) is 0 Å². The predicted molar refractivity (Wildman–Crippen MR) is 248 cm³/mol. The number of hydrogen-bond acceptors (Lipinski definition) is 7. The summed E-state index contributed by atoms with van der Waals surface area (Å²) in [5.41, 5.74) is 0.324. The fourth-order valence-corrected chi connectivity index (χ4v) is 7.40. The first-order chi connectivity index (χ1) is 28.9. The molecule has 0 atom stereocenters. The molecule has 0 amide bonds. The van der Waals surface area contributed by atoms with Gasteiger partial charge >= 0.3 is 5.97 Å². The monoisotopic (exact) mass is 813 g/mol. The van der Waals surface area contributed by atoms with Gasteiger partial charge in [0.2, 0.25) is 0 Å². The van der Waals surface area contributed by atoms with E-state index in [0.29, 0.717) is 50.1 Å². The zero-order valence-corrected chi connectivity index (χ0v) is 37.7. The molecule has 0 saturated carbocycles. The van der Waals surface area contributed by atoms with Crippen molar-refractivity contribution in [2.75, 3.05) is 33.0 Å². The van der Waals surface area contributed by atoms with E-state index in [1.807, 2.05) is 12.1 Å². The minimum Gasteiger partial charge on any atom is -0.490 e. The molecule has 0 radical (unpaired) electrons. The van der Waals surface area contributed by atoms with E-state index in [1.54, 1.807) is 6.92 Å². The Bertz CT molecular complexity index is 1830. The van der Waals surface area contributed by atoms with Crippen molar-refractivity contribution in [2.24, 2.45) is 0 Å². The Labute approximate surface area is 356 Å². The van der Waals surface area contributed by atoms with Crippen LogP contribution in [0.3, 0.4) is 0 Å². The Balaban J connectivity index is 1.99. The third-order valence-corrected chi connectivity index (χ3v) is 11.0. The molecule has 0 aliphatic heterocycles. The van der Waals surface area contributed by atoms with Gasteiger partial charge in [-0.1, -0.05) is 138 Å². The van der Waals surface area contributed by atoms with Gasteiger partial charge in [-0.25, -0.2) is 4.79 Å². The Morgan fingerprint density at radius 1 is 0.373 bits per heavy atom. The summed E-state index contributed by atoms with van der Waals surface area (Å²) < 4.78 is 38.8. The van der Waals surface area contributed by atoms with Crippen LogP contribution in [0.25, 0.3) is 32.3 Å². The zero-order valence-electron chi connectivity index (χ0n) is 37.7. The lowest BCUT2D eigenvalue weighted by Gasteiger charge is -2.20. The Morgan fingerprint density at radius 3 is 0.814 bits per heavy atom. The summed E-state index contributed by atoms with van der Waals surface area (Å²) in [6.07, 6.45) is 22.1. The van der Waals surface area contributed by atoms with Gasteiger partial charge in [-0.15, -0.1) is 0 Å². The minimum absolute atomic E-state index is 0.324. The van der Waals surface area contributed by atoms with Crippen molar-refractivity contribution in [1.29, 1.82) is 0 Å². The summed E-state index contributed by atoms with van der Waals surface area (Å²) in [7, 11) is 0. The summed E-state index contributed by atoms with van der Waals surface area (Å²) in [6, 6.07) is 12.6. The largest absolute Gasteiger partial charge is 0.490 e. The lowest BCUT2D eigenvalue weighted by atomic mass is 9.93. The van der Waals surface area contributed by atoms with Crippen LogP contribution in [0, 0.1) is 0 Å². The molecule has 0 aliphatic carbocycles. The number of rotatable bonds is 32. The molecule has 0 aromatic heterocycles. The Kier molecular flexibility index (Phi) is 21.6. The second-order valence-corrected chi connectivity index (χ2v) is 16.2. The molecule has 326 valence electrons. The van der Waals surface area contributed by atoms with Crippen LogP contribution in [-0.2, 0) is 4.79 Å². The van der Waals surface area contributed by atoms with Gasteiger partial charge in [0, 0.05) is 5.57 Å². The maximum atomic E-state index is 13.1. The number of ether oxygens (including phenoxy) is 6. The quantitative estimate of drug-likeness (QED) is 0.0160. The number of hydrogen-bond donors (Lipinski definition) is 0. The van der Waals surface area contributed by atoms with Crippen LogP contribution in [0.4, 0.5) is 0 Å². The first-order valence-electron chi connectivity index (χ1n) is 23.4. The average molecular weight is 813 g/mol. The highest BCUT2D eigenvalue weighted by Gasteiger charge is 2.21. The van der Waals surface area contributed by atoms with Crippen LogP contribution in [0.2, 0.25) is 0 Å². The zero-order chi connectivity index (χ0) is 42.2. The number of benzene rings is 4. The van der Waals surface area contributed by atoms with Gasteiger partial charge in [0.25, 0.3) is 0 Å². The van der Waals surface area contributed by atoms with Crippen LogP contribution in [-0.4, -0.2) is 39.0 Å². The maximum Gasteiger partial charge on any atom is 0.338 e. The SMILES string of the molecule is C=C(C)C(=O)Oc1cc2c3cc(OCCCCCC)c(OCCCCCC)cc3c3cc(OCCCCCC)c(OCCCCCC)cc3c2cc1OCCCCCC. The van der Waals surface area contributed by atoms with E-state index in [4.69, 9.17) is 28.4 Å². The fourth-order valence-electron chi connectivity index (χ4n) is 7.40. The molecule has 0 unspecified atom stereocenters. The van der Waals surface area contributed by atoms with Crippen molar-refractivity contribution in [1.82, 2.24) is 0 Å². The van der Waals surface area contributed by atoms with E-state index in [2.05, 4.69) is 65.5 Å². The molecule has 0 bridgehead atoms. The highest BCUT2D eigenvalue weighted by molar-refractivity contribution is 6.27. The van der Waals surface area contributed by atoms with E-state index in [0.717, 1.165) is 132 Å². The van der Waals surface area contributed by atoms with Crippen LogP contribution >= 0.6 is 0 Å². The lowest BCUT2D eigenvalue weighted by Crippen LogP contribution is -2.10. The smallest absolute Gasteiger partial charge is 0.338 e. The standard InChI is InChI=1S/C52H76O7/c1-8-13-18-23-28-54-46-33-40-41-34-47(55-29-24-19-14-9-2)49(57-31-26-21-16-11-4)36-43(41)45-38-51(59-52(53)39(6)7)50(58-32-27-22-17-12-5)37-44(45)42(40)35-48(46)56-30-25-20-15-10-3/h33-38H,6,8-32H2,1-5,7H3. The number of carbonyl (C=O) groups is 1. The highest BCUT2D eigenvalue weighted by Crippen LogP contribution is 2.47. The molecule has 0 heterocycles. The molecule has 7 heteroatoms. The summed E-state index contributed by atoms with van der Waals surface area (Å²) in [6.45, 7) is 19.6. The van der Waals surface area contributed by atoms with Gasteiger partial charge in [0.05, 0.1) is 33.0 Å². The van der Waals surface area contributed by atoms with Crippen molar-refractivity contribution in [3.63, 3.8) is 0 Å². The lowest BCUT2D eigenvalue weighted by molar-refractivity contribution is -0.130. The van der Waals surface area contributed by atoms with Crippen LogP contribution < -0.4 is 28.4 Å². The predicted octanol–water partition coefficient (Wildman–Crippen LogP) is 15.4. The van der Waals surface area contributed by atoms with Crippen molar-refractivity contribution in [2.45, 2.75) is 170 Å². The second kappa shape index (κ2) is 26.9. The first kappa shape index (κ1) is 47.5. The first-order valence-corrected chi connectivity index (χ1v) is 23.4. The molecule has 0 fully saturated rings. The van der Waals surface area contributed by atoms with Gasteiger partial charge in [-0.05, 0) is 108 Å². The average Bonchev–Trinajstić information content (AvgIpc) is 3.23. The van der Waals surface area contributed by atoms with E-state index >= 15 is 0 Å². The molecular formula is C52H76O7. The molecule has 4 aromatic carbocycles. The Morgan fingerprint density at radius 2 is 0.593 bits per heavy atom. The number of carbonyl (C=O) groups excluding carboxylic acids is 1. The van der Waals surface area contributed by atoms with Crippen molar-refractivity contribution in [3.8, 4) is 34.5 Å². The third-order valence-electron chi connectivity index (χ3n) is 11.0. The van der Waals surface area contributed by atoms with Gasteiger partial charge in [-0.2, -0.15) is 0 Å². The van der Waals surface area contributed by atoms with Crippen molar-refractivity contribution < 1.29 is 33.2 Å². The van der Waals surface area contributed by atoms with E-state index in [1.165, 1.54) is 51.4 Å². The molecule has 0 spiro atoms. The second-order valence-electron chi connectivity index (χ2n) is 16.2. The molecule has 4 aromatic rings. The van der Waals surface area contributed by atoms with Crippen LogP contribution in [0.15, 0.2) is 48.6 Å². The molecule has 0 N–H and O–H groups in total. The highest BCUT2D eigenvalue weighted by atomic mass is 16.6. The summed E-state index contributed by atoms with van der Waals surface area (Å²) in [5, 5.41) is 5.90. The molecule has 59 heavy (non-hydrogen) atoms. The Hall–Kier alpha value is -4.13. The van der Waals surface area contributed by atoms with Gasteiger partial charge < -0.3 is 28.4 Å². The van der Waals surface area contributed by atoms with E-state index in [9.17, 15) is 4.79 Å².